The van der Waals surface area contributed by atoms with Crippen molar-refractivity contribution in [1.29, 1.82) is 0 Å². The van der Waals surface area contributed by atoms with Gasteiger partial charge in [-0.15, -0.1) is 0 Å². The van der Waals surface area contributed by atoms with Crippen LogP contribution in [0.3, 0.4) is 0 Å². The summed E-state index contributed by atoms with van der Waals surface area (Å²) in [6, 6.07) is 0.341. The Morgan fingerprint density at radius 1 is 1.27 bits per heavy atom. The van der Waals surface area contributed by atoms with Crippen molar-refractivity contribution < 1.29 is 4.79 Å². The number of aromatic nitrogens is 2. The summed E-state index contributed by atoms with van der Waals surface area (Å²) in [5, 5.41) is 3.92. The van der Waals surface area contributed by atoms with Crippen molar-refractivity contribution in [2.45, 2.75) is 31.7 Å². The lowest BCUT2D eigenvalue weighted by molar-refractivity contribution is -0.136. The number of carbonyl (C=O) groups excluding carboxylic acids is 1. The molecule has 2 heterocycles. The maximum Gasteiger partial charge on any atom is 0.225 e. The van der Waals surface area contributed by atoms with Crippen LogP contribution in [0.4, 0.5) is 5.82 Å². The molecule has 120 valence electrons. The van der Waals surface area contributed by atoms with Crippen molar-refractivity contribution >= 4 is 35.1 Å². The molecule has 22 heavy (non-hydrogen) atoms. The average Bonchev–Trinajstić information content (AvgIpc) is 2.58. The van der Waals surface area contributed by atoms with Gasteiger partial charge >= 0.3 is 0 Å². The molecular formula is C15H21ClN4OS. The molecule has 0 aromatic carbocycles. The number of amides is 1. The van der Waals surface area contributed by atoms with Crippen LogP contribution < -0.4 is 5.32 Å². The molecule has 1 aromatic rings. The average molecular weight is 341 g/mol. The number of hydrogen-bond donors (Lipinski definition) is 1. The molecule has 0 spiro atoms. The van der Waals surface area contributed by atoms with E-state index in [4.69, 9.17) is 11.6 Å². The number of nitrogens with one attached hydrogen (secondary N) is 1. The van der Waals surface area contributed by atoms with E-state index in [0.29, 0.717) is 22.8 Å². The first kappa shape index (κ1) is 15.9. The Kier molecular flexibility index (Phi) is 5.41. The highest BCUT2D eigenvalue weighted by molar-refractivity contribution is 7.99. The number of halogens is 1. The van der Waals surface area contributed by atoms with Crippen LogP contribution in [-0.2, 0) is 4.79 Å². The number of carbonyl (C=O) groups is 1. The molecule has 1 aliphatic carbocycles. The smallest absolute Gasteiger partial charge is 0.225 e. The molecule has 0 unspecified atom stereocenters. The SMILES string of the molecule is O=C(C1CCC(Nc2ncncc2Cl)CC1)N1CCSCC1. The van der Waals surface area contributed by atoms with Gasteiger partial charge in [0, 0.05) is 36.6 Å². The minimum Gasteiger partial charge on any atom is -0.366 e. The van der Waals surface area contributed by atoms with Gasteiger partial charge in [0.15, 0.2) is 0 Å². The molecule has 2 aliphatic rings. The van der Waals surface area contributed by atoms with Gasteiger partial charge in [0.25, 0.3) is 0 Å². The van der Waals surface area contributed by atoms with Gasteiger partial charge in [-0.2, -0.15) is 11.8 Å². The molecule has 1 aliphatic heterocycles. The first-order valence-electron chi connectivity index (χ1n) is 7.82. The van der Waals surface area contributed by atoms with Gasteiger partial charge in [-0.05, 0) is 25.7 Å². The summed E-state index contributed by atoms with van der Waals surface area (Å²) in [7, 11) is 0. The molecule has 1 saturated heterocycles. The maximum atomic E-state index is 12.5. The van der Waals surface area contributed by atoms with Crippen molar-refractivity contribution in [3.63, 3.8) is 0 Å². The Balaban J connectivity index is 1.50. The van der Waals surface area contributed by atoms with Crippen LogP contribution in [0.1, 0.15) is 25.7 Å². The van der Waals surface area contributed by atoms with Crippen LogP contribution in [0.2, 0.25) is 5.02 Å². The summed E-state index contributed by atoms with van der Waals surface area (Å²) < 4.78 is 0. The van der Waals surface area contributed by atoms with E-state index in [-0.39, 0.29) is 5.92 Å². The zero-order chi connectivity index (χ0) is 15.4. The van der Waals surface area contributed by atoms with Gasteiger partial charge in [0.05, 0.1) is 6.20 Å². The lowest BCUT2D eigenvalue weighted by Gasteiger charge is -2.34. The first-order chi connectivity index (χ1) is 10.7. The third-order valence-electron chi connectivity index (χ3n) is 4.41. The fourth-order valence-corrected chi connectivity index (χ4v) is 4.20. The van der Waals surface area contributed by atoms with Crippen LogP contribution >= 0.6 is 23.4 Å². The highest BCUT2D eigenvalue weighted by Gasteiger charge is 2.30. The van der Waals surface area contributed by atoms with E-state index in [0.717, 1.165) is 50.3 Å². The maximum absolute atomic E-state index is 12.5. The number of hydrogen-bond acceptors (Lipinski definition) is 5. The predicted molar refractivity (Wildman–Crippen MR) is 90.3 cm³/mol. The molecular weight excluding hydrogens is 320 g/mol. The van der Waals surface area contributed by atoms with Crippen molar-refractivity contribution in [3.8, 4) is 0 Å². The Morgan fingerprint density at radius 2 is 2.00 bits per heavy atom. The zero-order valence-electron chi connectivity index (χ0n) is 12.5. The first-order valence-corrected chi connectivity index (χ1v) is 9.36. The summed E-state index contributed by atoms with van der Waals surface area (Å²) in [5.74, 6) is 3.41. The fourth-order valence-electron chi connectivity index (χ4n) is 3.14. The normalized spacial score (nSPS) is 25.8. The summed E-state index contributed by atoms with van der Waals surface area (Å²) >= 11 is 8.01. The minimum atomic E-state index is 0.196. The Bertz CT molecular complexity index is 516. The fraction of sp³-hybridized carbons (Fsp3) is 0.667. The van der Waals surface area contributed by atoms with Gasteiger partial charge in [-0.1, -0.05) is 11.6 Å². The largest absolute Gasteiger partial charge is 0.366 e. The molecule has 1 amide bonds. The summed E-state index contributed by atoms with van der Waals surface area (Å²) in [6.45, 7) is 1.83. The van der Waals surface area contributed by atoms with E-state index in [2.05, 4.69) is 20.2 Å². The van der Waals surface area contributed by atoms with Crippen molar-refractivity contribution in [1.82, 2.24) is 14.9 Å². The molecule has 7 heteroatoms. The number of thioether (sulfide) groups is 1. The van der Waals surface area contributed by atoms with E-state index in [9.17, 15) is 4.79 Å². The van der Waals surface area contributed by atoms with E-state index < -0.39 is 0 Å². The Labute approximate surface area is 140 Å². The van der Waals surface area contributed by atoms with E-state index in [1.165, 1.54) is 6.33 Å². The number of anilines is 1. The van der Waals surface area contributed by atoms with Crippen molar-refractivity contribution in [3.05, 3.63) is 17.5 Å². The minimum absolute atomic E-state index is 0.196. The van der Waals surface area contributed by atoms with Crippen LogP contribution in [0, 0.1) is 5.92 Å². The third kappa shape index (κ3) is 3.84. The van der Waals surface area contributed by atoms with E-state index >= 15 is 0 Å². The molecule has 1 aromatic heterocycles. The van der Waals surface area contributed by atoms with Gasteiger partial charge in [-0.3, -0.25) is 4.79 Å². The molecule has 1 saturated carbocycles. The molecule has 0 atom stereocenters. The molecule has 3 rings (SSSR count). The summed E-state index contributed by atoms with van der Waals surface area (Å²) in [4.78, 5) is 22.6. The third-order valence-corrected chi connectivity index (χ3v) is 5.63. The number of rotatable bonds is 3. The second-order valence-electron chi connectivity index (χ2n) is 5.85. The number of nitrogens with zero attached hydrogens (tertiary/aromatic N) is 3. The molecule has 2 fully saturated rings. The monoisotopic (exact) mass is 340 g/mol. The highest BCUT2D eigenvalue weighted by Crippen LogP contribution is 2.29. The Morgan fingerprint density at radius 3 is 2.68 bits per heavy atom. The van der Waals surface area contributed by atoms with Gasteiger partial charge in [-0.25, -0.2) is 9.97 Å². The Hall–Kier alpha value is -1.01. The topological polar surface area (TPSA) is 58.1 Å². The van der Waals surface area contributed by atoms with Gasteiger partial charge < -0.3 is 10.2 Å². The molecule has 5 nitrogen and oxygen atoms in total. The van der Waals surface area contributed by atoms with Crippen LogP contribution in [-0.4, -0.2) is 51.4 Å². The van der Waals surface area contributed by atoms with Crippen molar-refractivity contribution in [2.75, 3.05) is 29.9 Å². The lowest BCUT2D eigenvalue weighted by Crippen LogP contribution is -2.43. The summed E-state index contributed by atoms with van der Waals surface area (Å²) in [5.41, 5.74) is 0. The quantitative estimate of drug-likeness (QED) is 0.916. The van der Waals surface area contributed by atoms with E-state index in [1.807, 2.05) is 11.8 Å². The molecule has 0 bridgehead atoms. The van der Waals surface area contributed by atoms with Gasteiger partial charge in [0.2, 0.25) is 5.91 Å². The second-order valence-corrected chi connectivity index (χ2v) is 7.48. The standard InChI is InChI=1S/C15H21ClN4OS/c16-13-9-17-10-18-14(13)19-12-3-1-11(2-4-12)15(21)20-5-7-22-8-6-20/h9-12H,1-8H2,(H,17,18,19). The second kappa shape index (κ2) is 7.51. The predicted octanol–water partition coefficient (Wildman–Crippen LogP) is 2.68. The lowest BCUT2D eigenvalue weighted by atomic mass is 9.85. The van der Waals surface area contributed by atoms with Crippen LogP contribution in [0.15, 0.2) is 12.5 Å². The molecule has 0 radical (unpaired) electrons. The summed E-state index contributed by atoms with van der Waals surface area (Å²) in [6.07, 6.45) is 6.96. The molecule has 1 N–H and O–H groups in total. The highest BCUT2D eigenvalue weighted by atomic mass is 35.5. The van der Waals surface area contributed by atoms with Crippen LogP contribution in [0.25, 0.3) is 0 Å². The van der Waals surface area contributed by atoms with Crippen LogP contribution in [0.5, 0.6) is 0 Å². The zero-order valence-corrected chi connectivity index (χ0v) is 14.1. The van der Waals surface area contributed by atoms with Crippen molar-refractivity contribution in [2.24, 2.45) is 5.92 Å². The van der Waals surface area contributed by atoms with Gasteiger partial charge in [0.1, 0.15) is 17.2 Å². The van der Waals surface area contributed by atoms with E-state index in [1.54, 1.807) is 6.20 Å².